The molecule has 1 aromatic heterocycles. The standard InChI is InChI=1S/C24H25FN4O3/c1-17-15-22(30)23(27-29(17)21-10-6-5-9-19(21)25)24(31)26-20(18-7-3-2-4-8-18)16-28-11-13-32-14-12-28/h2-10,15,20H,11-14,16H2,1H3,(H,26,31)/t20-/m0/s1. The Balaban J connectivity index is 1.64. The van der Waals surface area contributed by atoms with Crippen molar-refractivity contribution >= 4 is 5.91 Å². The van der Waals surface area contributed by atoms with Gasteiger partial charge < -0.3 is 10.1 Å². The topological polar surface area (TPSA) is 76.5 Å². The number of morpholine rings is 1. The highest BCUT2D eigenvalue weighted by Crippen LogP contribution is 2.17. The van der Waals surface area contributed by atoms with Gasteiger partial charge in [-0.1, -0.05) is 42.5 Å². The van der Waals surface area contributed by atoms with Gasteiger partial charge in [-0.25, -0.2) is 9.07 Å². The number of halogens is 1. The third kappa shape index (κ3) is 4.92. The van der Waals surface area contributed by atoms with Gasteiger partial charge in [0.25, 0.3) is 5.91 Å². The van der Waals surface area contributed by atoms with Crippen LogP contribution in [0.5, 0.6) is 0 Å². The molecule has 0 saturated carbocycles. The third-order valence-electron chi connectivity index (χ3n) is 5.45. The number of benzene rings is 2. The van der Waals surface area contributed by atoms with Crippen LogP contribution in [-0.2, 0) is 4.74 Å². The zero-order chi connectivity index (χ0) is 22.5. The molecule has 166 valence electrons. The fourth-order valence-electron chi connectivity index (χ4n) is 3.76. The molecule has 7 nitrogen and oxygen atoms in total. The van der Waals surface area contributed by atoms with Crippen LogP contribution in [0.2, 0.25) is 0 Å². The van der Waals surface area contributed by atoms with Gasteiger partial charge in [0.1, 0.15) is 11.5 Å². The van der Waals surface area contributed by atoms with Crippen LogP contribution >= 0.6 is 0 Å². The highest BCUT2D eigenvalue weighted by molar-refractivity contribution is 5.92. The number of carbonyl (C=O) groups excluding carboxylic acids is 1. The number of amides is 1. The Bertz CT molecular complexity index is 1140. The molecule has 32 heavy (non-hydrogen) atoms. The van der Waals surface area contributed by atoms with Crippen LogP contribution in [-0.4, -0.2) is 53.4 Å². The molecule has 0 unspecified atom stereocenters. The summed E-state index contributed by atoms with van der Waals surface area (Å²) in [6, 6.07) is 16.6. The molecular formula is C24H25FN4O3. The van der Waals surface area contributed by atoms with Gasteiger partial charge in [-0.15, -0.1) is 0 Å². The number of ether oxygens (including phenoxy) is 1. The van der Waals surface area contributed by atoms with Gasteiger partial charge in [-0.05, 0) is 24.6 Å². The third-order valence-corrected chi connectivity index (χ3v) is 5.45. The summed E-state index contributed by atoms with van der Waals surface area (Å²) in [6.07, 6.45) is 0. The van der Waals surface area contributed by atoms with Crippen molar-refractivity contribution in [3.63, 3.8) is 0 Å². The van der Waals surface area contributed by atoms with E-state index in [1.165, 1.54) is 16.8 Å². The van der Waals surface area contributed by atoms with Crippen molar-refractivity contribution in [1.29, 1.82) is 0 Å². The van der Waals surface area contributed by atoms with Crippen LogP contribution in [0, 0.1) is 12.7 Å². The van der Waals surface area contributed by atoms with Gasteiger partial charge >= 0.3 is 0 Å². The minimum absolute atomic E-state index is 0.173. The molecule has 0 bridgehead atoms. The van der Waals surface area contributed by atoms with Crippen LogP contribution in [0.3, 0.4) is 0 Å². The van der Waals surface area contributed by atoms with Gasteiger partial charge in [0.05, 0.1) is 19.3 Å². The number of nitrogens with one attached hydrogen (secondary N) is 1. The first kappa shape index (κ1) is 21.9. The fourth-order valence-corrected chi connectivity index (χ4v) is 3.76. The molecular weight excluding hydrogens is 411 g/mol. The van der Waals surface area contributed by atoms with E-state index in [0.717, 1.165) is 18.7 Å². The Hall–Kier alpha value is -3.36. The smallest absolute Gasteiger partial charge is 0.276 e. The van der Waals surface area contributed by atoms with Crippen molar-refractivity contribution in [2.45, 2.75) is 13.0 Å². The normalized spacial score (nSPS) is 15.3. The summed E-state index contributed by atoms with van der Waals surface area (Å²) in [5.74, 6) is -1.09. The van der Waals surface area contributed by atoms with Crippen LogP contribution in [0.4, 0.5) is 4.39 Å². The zero-order valence-electron chi connectivity index (χ0n) is 17.8. The number of carbonyl (C=O) groups is 1. The van der Waals surface area contributed by atoms with E-state index < -0.39 is 17.2 Å². The van der Waals surface area contributed by atoms with Gasteiger partial charge in [0, 0.05) is 31.4 Å². The first-order valence-electron chi connectivity index (χ1n) is 10.5. The molecule has 3 aromatic rings. The Kier molecular flexibility index (Phi) is 6.72. The largest absolute Gasteiger partial charge is 0.379 e. The summed E-state index contributed by atoms with van der Waals surface area (Å²) < 4.78 is 21.0. The summed E-state index contributed by atoms with van der Waals surface area (Å²) >= 11 is 0. The van der Waals surface area contributed by atoms with Crippen molar-refractivity contribution in [2.75, 3.05) is 32.8 Å². The molecule has 1 amide bonds. The van der Waals surface area contributed by atoms with Crippen LogP contribution < -0.4 is 10.7 Å². The first-order chi connectivity index (χ1) is 15.5. The molecule has 1 aliphatic heterocycles. The van der Waals surface area contributed by atoms with E-state index in [1.54, 1.807) is 25.1 Å². The Morgan fingerprint density at radius 1 is 1.12 bits per heavy atom. The molecule has 2 heterocycles. The lowest BCUT2D eigenvalue weighted by Crippen LogP contribution is -2.44. The lowest BCUT2D eigenvalue weighted by atomic mass is 10.1. The number of nitrogens with zero attached hydrogens (tertiary/aromatic N) is 3. The second kappa shape index (κ2) is 9.84. The average molecular weight is 436 g/mol. The number of rotatable bonds is 6. The number of para-hydroxylation sites is 1. The van der Waals surface area contributed by atoms with Crippen LogP contribution in [0.1, 0.15) is 27.8 Å². The van der Waals surface area contributed by atoms with Gasteiger partial charge in [0.15, 0.2) is 5.69 Å². The SMILES string of the molecule is Cc1cc(=O)c(C(=O)N[C@@H](CN2CCOCC2)c2ccccc2)nn1-c1ccccc1F. The monoisotopic (exact) mass is 436 g/mol. The van der Waals surface area contributed by atoms with E-state index in [9.17, 15) is 14.0 Å². The number of aryl methyl sites for hydroxylation is 1. The molecule has 1 aliphatic rings. The van der Waals surface area contributed by atoms with Gasteiger partial charge in [-0.2, -0.15) is 5.10 Å². The molecule has 0 spiro atoms. The maximum atomic E-state index is 14.3. The highest BCUT2D eigenvalue weighted by atomic mass is 19.1. The summed E-state index contributed by atoms with van der Waals surface area (Å²) in [5, 5.41) is 7.17. The minimum atomic E-state index is -0.595. The van der Waals surface area contributed by atoms with Crippen molar-refractivity contribution in [1.82, 2.24) is 20.0 Å². The predicted molar refractivity (Wildman–Crippen MR) is 118 cm³/mol. The Labute approximate surface area is 185 Å². The van der Waals surface area contributed by atoms with E-state index in [1.807, 2.05) is 30.3 Å². The molecule has 0 aliphatic carbocycles. The van der Waals surface area contributed by atoms with Crippen molar-refractivity contribution in [3.8, 4) is 5.69 Å². The molecule has 0 radical (unpaired) electrons. The number of hydrogen-bond acceptors (Lipinski definition) is 5. The summed E-state index contributed by atoms with van der Waals surface area (Å²) in [4.78, 5) is 28.0. The van der Waals surface area contributed by atoms with Crippen molar-refractivity contribution in [2.24, 2.45) is 0 Å². The van der Waals surface area contributed by atoms with Crippen molar-refractivity contribution in [3.05, 3.63) is 93.7 Å². The van der Waals surface area contributed by atoms with Gasteiger partial charge in [-0.3, -0.25) is 14.5 Å². The molecule has 1 N–H and O–H groups in total. The molecule has 1 atom stereocenters. The van der Waals surface area contributed by atoms with Crippen LogP contribution in [0.25, 0.3) is 5.69 Å². The molecule has 1 fully saturated rings. The fraction of sp³-hybridized carbons (Fsp3) is 0.292. The minimum Gasteiger partial charge on any atom is -0.379 e. The van der Waals surface area contributed by atoms with E-state index >= 15 is 0 Å². The van der Waals surface area contributed by atoms with Gasteiger partial charge in [0.2, 0.25) is 5.43 Å². The summed E-state index contributed by atoms with van der Waals surface area (Å²) in [5.41, 5.74) is 0.748. The quantitative estimate of drug-likeness (QED) is 0.643. The molecule has 2 aromatic carbocycles. The number of aromatic nitrogens is 2. The summed E-state index contributed by atoms with van der Waals surface area (Å²) in [6.45, 7) is 5.04. The highest BCUT2D eigenvalue weighted by Gasteiger charge is 2.23. The lowest BCUT2D eigenvalue weighted by Gasteiger charge is -2.31. The second-order valence-corrected chi connectivity index (χ2v) is 7.71. The van der Waals surface area contributed by atoms with E-state index in [0.29, 0.717) is 25.5 Å². The lowest BCUT2D eigenvalue weighted by molar-refractivity contribution is 0.0332. The average Bonchev–Trinajstić information content (AvgIpc) is 2.80. The second-order valence-electron chi connectivity index (χ2n) is 7.71. The number of hydrogen-bond donors (Lipinski definition) is 1. The zero-order valence-corrected chi connectivity index (χ0v) is 17.8. The maximum Gasteiger partial charge on any atom is 0.276 e. The Morgan fingerprint density at radius 2 is 1.81 bits per heavy atom. The van der Waals surface area contributed by atoms with E-state index in [2.05, 4.69) is 15.3 Å². The van der Waals surface area contributed by atoms with Crippen LogP contribution in [0.15, 0.2) is 65.5 Å². The van der Waals surface area contributed by atoms with Crippen molar-refractivity contribution < 1.29 is 13.9 Å². The maximum absolute atomic E-state index is 14.3. The predicted octanol–water partition coefficient (Wildman–Crippen LogP) is 2.48. The molecule has 8 heteroatoms. The van der Waals surface area contributed by atoms with E-state index in [-0.39, 0.29) is 17.4 Å². The molecule has 4 rings (SSSR count). The first-order valence-corrected chi connectivity index (χ1v) is 10.5. The summed E-state index contributed by atoms with van der Waals surface area (Å²) in [7, 11) is 0. The Morgan fingerprint density at radius 3 is 2.53 bits per heavy atom. The molecule has 1 saturated heterocycles. The van der Waals surface area contributed by atoms with E-state index in [4.69, 9.17) is 4.74 Å².